The van der Waals surface area contributed by atoms with Crippen molar-refractivity contribution in [2.24, 2.45) is 0 Å². The Labute approximate surface area is 166 Å². The molecule has 0 aliphatic heterocycles. The smallest absolute Gasteiger partial charge is 0.274 e. The fraction of sp³-hybridized carbons (Fsp3) is 0.261. The number of carbonyl (C=O) groups excluding carboxylic acids is 1. The van der Waals surface area contributed by atoms with E-state index in [-0.39, 0.29) is 11.9 Å². The molecule has 0 aliphatic carbocycles. The average molecular weight is 374 g/mol. The molecule has 5 nitrogen and oxygen atoms in total. The molecule has 0 bridgehead atoms. The molecule has 0 fully saturated rings. The number of hydrogen-bond acceptors (Lipinski definition) is 4. The summed E-state index contributed by atoms with van der Waals surface area (Å²) < 4.78 is 0. The van der Waals surface area contributed by atoms with Gasteiger partial charge in [0.2, 0.25) is 0 Å². The lowest BCUT2D eigenvalue weighted by Crippen LogP contribution is -2.31. The van der Waals surface area contributed by atoms with Gasteiger partial charge in [-0.05, 0) is 44.9 Å². The molecule has 5 heteroatoms. The highest BCUT2D eigenvalue weighted by molar-refractivity contribution is 6.03. The van der Waals surface area contributed by atoms with Crippen molar-refractivity contribution in [1.29, 1.82) is 0 Å². The van der Waals surface area contributed by atoms with Gasteiger partial charge in [-0.3, -0.25) is 4.79 Å². The van der Waals surface area contributed by atoms with E-state index >= 15 is 0 Å². The molecule has 3 rings (SSSR count). The molecule has 1 amide bonds. The summed E-state index contributed by atoms with van der Waals surface area (Å²) in [4.78, 5) is 23.9. The summed E-state index contributed by atoms with van der Waals surface area (Å²) in [6, 6.07) is 19.9. The van der Waals surface area contributed by atoms with Crippen LogP contribution in [0, 0.1) is 13.8 Å². The molecular weight excluding hydrogens is 348 g/mol. The Kier molecular flexibility index (Phi) is 6.04. The number of rotatable bonds is 6. The van der Waals surface area contributed by atoms with Crippen LogP contribution in [0.2, 0.25) is 0 Å². The molecule has 0 saturated carbocycles. The summed E-state index contributed by atoms with van der Waals surface area (Å²) in [6.07, 6.45) is 0. The number of benzene rings is 2. The van der Waals surface area contributed by atoms with Crippen molar-refractivity contribution in [3.8, 4) is 0 Å². The summed E-state index contributed by atoms with van der Waals surface area (Å²) in [5.41, 5.74) is 3.35. The van der Waals surface area contributed by atoms with Crippen molar-refractivity contribution in [2.45, 2.75) is 40.3 Å². The van der Waals surface area contributed by atoms with E-state index in [2.05, 4.69) is 46.2 Å². The second kappa shape index (κ2) is 8.65. The fourth-order valence-corrected chi connectivity index (χ4v) is 3.02. The molecule has 1 heterocycles. The van der Waals surface area contributed by atoms with Gasteiger partial charge in [0.05, 0.1) is 0 Å². The van der Waals surface area contributed by atoms with E-state index in [0.29, 0.717) is 18.1 Å². The number of nitrogens with one attached hydrogen (secondary N) is 1. The molecule has 0 saturated heterocycles. The monoisotopic (exact) mass is 374 g/mol. The Morgan fingerprint density at radius 1 is 1.00 bits per heavy atom. The summed E-state index contributed by atoms with van der Waals surface area (Å²) >= 11 is 0. The Morgan fingerprint density at radius 2 is 1.68 bits per heavy atom. The molecule has 0 radical (unpaired) electrons. The summed E-state index contributed by atoms with van der Waals surface area (Å²) in [6.45, 7) is 8.73. The largest absolute Gasteiger partial charge is 0.350 e. The maximum Gasteiger partial charge on any atom is 0.274 e. The molecule has 1 N–H and O–H groups in total. The number of anilines is 2. The topological polar surface area (TPSA) is 58.1 Å². The second-order valence-electron chi connectivity index (χ2n) is 7.13. The van der Waals surface area contributed by atoms with Gasteiger partial charge in [-0.15, -0.1) is 0 Å². The van der Waals surface area contributed by atoms with Crippen molar-refractivity contribution in [1.82, 2.24) is 9.97 Å². The van der Waals surface area contributed by atoms with Gasteiger partial charge in [0.1, 0.15) is 17.3 Å². The third kappa shape index (κ3) is 4.74. The standard InChI is InChI=1S/C23H26N4O/c1-16(2)27(15-19-11-6-5-7-12-19)22-14-21(24-18(4)25-22)23(28)26-20-13-9-8-10-17(20)3/h5-14,16H,15H2,1-4H3,(H,26,28). The van der Waals surface area contributed by atoms with Crippen molar-refractivity contribution < 1.29 is 4.79 Å². The first-order valence-corrected chi connectivity index (χ1v) is 9.47. The molecule has 0 unspecified atom stereocenters. The quantitative estimate of drug-likeness (QED) is 0.676. The van der Waals surface area contributed by atoms with E-state index in [0.717, 1.165) is 17.1 Å². The van der Waals surface area contributed by atoms with E-state index in [1.165, 1.54) is 5.56 Å². The summed E-state index contributed by atoms with van der Waals surface area (Å²) in [5.74, 6) is 1.09. The first-order valence-electron chi connectivity index (χ1n) is 9.47. The summed E-state index contributed by atoms with van der Waals surface area (Å²) in [7, 11) is 0. The molecule has 1 aromatic heterocycles. The highest BCUT2D eigenvalue weighted by Crippen LogP contribution is 2.20. The number of amides is 1. The number of para-hydroxylation sites is 1. The Hall–Kier alpha value is -3.21. The number of aromatic nitrogens is 2. The lowest BCUT2D eigenvalue weighted by Gasteiger charge is -2.28. The van der Waals surface area contributed by atoms with Crippen molar-refractivity contribution in [3.05, 3.63) is 83.3 Å². The SMILES string of the molecule is Cc1nc(C(=O)Nc2ccccc2C)cc(N(Cc2ccccc2)C(C)C)n1. The molecule has 0 atom stereocenters. The zero-order valence-corrected chi connectivity index (χ0v) is 16.8. The lowest BCUT2D eigenvalue weighted by atomic mass is 10.2. The molecule has 0 aliphatic rings. The van der Waals surface area contributed by atoms with Crippen LogP contribution in [0.5, 0.6) is 0 Å². The van der Waals surface area contributed by atoms with Crippen LogP contribution in [0.4, 0.5) is 11.5 Å². The van der Waals surface area contributed by atoms with E-state index in [1.807, 2.05) is 56.3 Å². The number of aryl methyl sites for hydroxylation is 2. The minimum absolute atomic E-state index is 0.224. The zero-order chi connectivity index (χ0) is 20.1. The zero-order valence-electron chi connectivity index (χ0n) is 16.8. The molecule has 2 aromatic carbocycles. The van der Waals surface area contributed by atoms with Gasteiger partial charge in [0.15, 0.2) is 0 Å². The van der Waals surface area contributed by atoms with Crippen LogP contribution in [0.25, 0.3) is 0 Å². The van der Waals surface area contributed by atoms with Crippen molar-refractivity contribution in [3.63, 3.8) is 0 Å². The van der Waals surface area contributed by atoms with Crippen LogP contribution in [0.1, 0.15) is 41.3 Å². The molecule has 0 spiro atoms. The van der Waals surface area contributed by atoms with E-state index in [9.17, 15) is 4.79 Å². The molecule has 144 valence electrons. The lowest BCUT2D eigenvalue weighted by molar-refractivity contribution is 0.102. The Balaban J connectivity index is 1.88. The van der Waals surface area contributed by atoms with Gasteiger partial charge >= 0.3 is 0 Å². The Morgan fingerprint density at radius 3 is 2.36 bits per heavy atom. The normalized spacial score (nSPS) is 10.8. The molecule has 28 heavy (non-hydrogen) atoms. The number of carbonyl (C=O) groups is 1. The van der Waals surface area contributed by atoms with Gasteiger partial charge in [-0.25, -0.2) is 9.97 Å². The summed E-state index contributed by atoms with van der Waals surface area (Å²) in [5, 5.41) is 2.95. The van der Waals surface area contributed by atoms with Crippen LogP contribution in [0.15, 0.2) is 60.7 Å². The van der Waals surface area contributed by atoms with Crippen LogP contribution in [0.3, 0.4) is 0 Å². The first kappa shape index (κ1) is 19.5. The molecule has 3 aromatic rings. The predicted octanol–water partition coefficient (Wildman–Crippen LogP) is 4.76. The third-order valence-electron chi connectivity index (χ3n) is 4.56. The van der Waals surface area contributed by atoms with Gasteiger partial charge in [-0.2, -0.15) is 0 Å². The second-order valence-corrected chi connectivity index (χ2v) is 7.13. The van der Waals surface area contributed by atoms with Crippen LogP contribution >= 0.6 is 0 Å². The van der Waals surface area contributed by atoms with Gasteiger partial charge < -0.3 is 10.2 Å². The predicted molar refractivity (Wildman–Crippen MR) is 114 cm³/mol. The number of nitrogens with zero attached hydrogens (tertiary/aromatic N) is 3. The van der Waals surface area contributed by atoms with E-state index in [1.54, 1.807) is 6.07 Å². The van der Waals surface area contributed by atoms with Gasteiger partial charge in [0, 0.05) is 24.3 Å². The van der Waals surface area contributed by atoms with E-state index < -0.39 is 0 Å². The van der Waals surface area contributed by atoms with Crippen LogP contribution in [-0.4, -0.2) is 21.9 Å². The first-order chi connectivity index (χ1) is 13.4. The van der Waals surface area contributed by atoms with Gasteiger partial charge in [-0.1, -0.05) is 48.5 Å². The minimum Gasteiger partial charge on any atom is -0.350 e. The highest BCUT2D eigenvalue weighted by atomic mass is 16.1. The maximum absolute atomic E-state index is 12.8. The van der Waals surface area contributed by atoms with E-state index in [4.69, 9.17) is 0 Å². The average Bonchev–Trinajstić information content (AvgIpc) is 2.68. The number of hydrogen-bond donors (Lipinski definition) is 1. The van der Waals surface area contributed by atoms with Crippen molar-refractivity contribution in [2.75, 3.05) is 10.2 Å². The van der Waals surface area contributed by atoms with Crippen molar-refractivity contribution >= 4 is 17.4 Å². The van der Waals surface area contributed by atoms with Gasteiger partial charge in [0.25, 0.3) is 5.91 Å². The maximum atomic E-state index is 12.8. The highest BCUT2D eigenvalue weighted by Gasteiger charge is 2.17. The minimum atomic E-state index is -0.232. The third-order valence-corrected chi connectivity index (χ3v) is 4.56. The fourth-order valence-electron chi connectivity index (χ4n) is 3.02. The molecular formula is C23H26N4O. The Bertz CT molecular complexity index is 954. The van der Waals surface area contributed by atoms with Crippen LogP contribution in [-0.2, 0) is 6.54 Å². The van der Waals surface area contributed by atoms with Crippen LogP contribution < -0.4 is 10.2 Å².